The fraction of sp³-hybridized carbons (Fsp3) is 0.188. The molecule has 0 aliphatic rings. The molecular formula is C16H17FN2O. The number of halogens is 1. The van der Waals surface area contributed by atoms with Crippen LogP contribution in [0, 0.1) is 12.7 Å². The van der Waals surface area contributed by atoms with Gasteiger partial charge in [0.05, 0.1) is 5.69 Å². The average molecular weight is 272 g/mol. The van der Waals surface area contributed by atoms with Gasteiger partial charge in [-0.3, -0.25) is 0 Å². The Morgan fingerprint density at radius 1 is 1.10 bits per heavy atom. The maximum absolute atomic E-state index is 13.6. The van der Waals surface area contributed by atoms with Gasteiger partial charge < -0.3 is 10.6 Å². The minimum absolute atomic E-state index is 0.165. The highest BCUT2D eigenvalue weighted by Crippen LogP contribution is 2.16. The van der Waals surface area contributed by atoms with Crippen molar-refractivity contribution in [3.05, 3.63) is 59.4 Å². The van der Waals surface area contributed by atoms with Gasteiger partial charge in [-0.25, -0.2) is 9.18 Å². The molecule has 0 spiro atoms. The molecule has 104 valence electrons. The lowest BCUT2D eigenvalue weighted by molar-refractivity contribution is 0.262. The van der Waals surface area contributed by atoms with E-state index in [2.05, 4.69) is 17.6 Å². The Balaban J connectivity index is 2.01. The molecule has 2 rings (SSSR count). The summed E-state index contributed by atoms with van der Waals surface area (Å²) in [7, 11) is 0. The van der Waals surface area contributed by atoms with Crippen molar-refractivity contribution in [1.82, 2.24) is 0 Å². The molecule has 0 aliphatic carbocycles. The molecule has 0 aromatic heterocycles. The van der Waals surface area contributed by atoms with Crippen molar-refractivity contribution in [1.29, 1.82) is 0 Å². The van der Waals surface area contributed by atoms with Crippen LogP contribution in [0.15, 0.2) is 42.5 Å². The number of hydrogen-bond acceptors (Lipinski definition) is 1. The molecule has 2 N–H and O–H groups in total. The number of rotatable bonds is 3. The summed E-state index contributed by atoms with van der Waals surface area (Å²) in [4.78, 5) is 11.8. The summed E-state index contributed by atoms with van der Waals surface area (Å²) in [6, 6.07) is 11.7. The van der Waals surface area contributed by atoms with Crippen molar-refractivity contribution in [2.45, 2.75) is 20.3 Å². The number of urea groups is 1. The van der Waals surface area contributed by atoms with Gasteiger partial charge in [-0.1, -0.05) is 25.1 Å². The first-order chi connectivity index (χ1) is 9.58. The molecule has 2 amide bonds. The molecule has 0 unspecified atom stereocenters. The maximum Gasteiger partial charge on any atom is 0.323 e. The molecular weight excluding hydrogens is 255 g/mol. The van der Waals surface area contributed by atoms with Crippen LogP contribution in [0.4, 0.5) is 20.6 Å². The molecule has 0 radical (unpaired) electrons. The van der Waals surface area contributed by atoms with Crippen LogP contribution < -0.4 is 10.6 Å². The van der Waals surface area contributed by atoms with Gasteiger partial charge in [0.1, 0.15) is 5.82 Å². The molecule has 0 saturated carbocycles. The van der Waals surface area contributed by atoms with E-state index in [1.165, 1.54) is 11.6 Å². The SMILES string of the molecule is CCc1ccc(NC(=O)Nc2ccc(C)cc2F)cc1. The van der Waals surface area contributed by atoms with Crippen molar-refractivity contribution in [3.8, 4) is 0 Å². The quantitative estimate of drug-likeness (QED) is 0.857. The van der Waals surface area contributed by atoms with E-state index < -0.39 is 11.8 Å². The Bertz CT molecular complexity index is 608. The van der Waals surface area contributed by atoms with Gasteiger partial charge in [0, 0.05) is 5.69 Å². The topological polar surface area (TPSA) is 41.1 Å². The monoisotopic (exact) mass is 272 g/mol. The van der Waals surface area contributed by atoms with Crippen molar-refractivity contribution < 1.29 is 9.18 Å². The van der Waals surface area contributed by atoms with Gasteiger partial charge in [0.25, 0.3) is 0 Å². The number of carbonyl (C=O) groups is 1. The van der Waals surface area contributed by atoms with E-state index in [9.17, 15) is 9.18 Å². The van der Waals surface area contributed by atoms with E-state index in [1.807, 2.05) is 24.3 Å². The first-order valence-electron chi connectivity index (χ1n) is 6.51. The third-order valence-corrected chi connectivity index (χ3v) is 2.99. The number of aryl methyl sites for hydroxylation is 2. The molecule has 3 nitrogen and oxygen atoms in total. The molecule has 4 heteroatoms. The zero-order valence-electron chi connectivity index (χ0n) is 11.5. The van der Waals surface area contributed by atoms with Crippen LogP contribution in [0.25, 0.3) is 0 Å². The summed E-state index contributed by atoms with van der Waals surface area (Å²) in [5.74, 6) is -0.443. The molecule has 0 aliphatic heterocycles. The highest BCUT2D eigenvalue weighted by Gasteiger charge is 2.07. The summed E-state index contributed by atoms with van der Waals surface area (Å²) in [5.41, 5.74) is 2.84. The standard InChI is InChI=1S/C16H17FN2O/c1-3-12-5-7-13(8-6-12)18-16(20)19-15-9-4-11(2)10-14(15)17/h4-10H,3H2,1-2H3,(H2,18,19,20). The summed E-state index contributed by atoms with van der Waals surface area (Å²) in [6.45, 7) is 3.86. The van der Waals surface area contributed by atoms with Gasteiger partial charge in [-0.2, -0.15) is 0 Å². The van der Waals surface area contributed by atoms with Crippen molar-refractivity contribution in [3.63, 3.8) is 0 Å². The number of anilines is 2. The second kappa shape index (κ2) is 6.19. The largest absolute Gasteiger partial charge is 0.323 e. The van der Waals surface area contributed by atoms with E-state index in [0.29, 0.717) is 5.69 Å². The predicted molar refractivity (Wildman–Crippen MR) is 79.6 cm³/mol. The molecule has 20 heavy (non-hydrogen) atoms. The minimum atomic E-state index is -0.461. The van der Waals surface area contributed by atoms with Crippen LogP contribution in [0.2, 0.25) is 0 Å². The Morgan fingerprint density at radius 3 is 2.40 bits per heavy atom. The van der Waals surface area contributed by atoms with Gasteiger partial charge in [-0.05, 0) is 48.7 Å². The first-order valence-corrected chi connectivity index (χ1v) is 6.51. The number of nitrogens with one attached hydrogen (secondary N) is 2. The van der Waals surface area contributed by atoms with E-state index in [0.717, 1.165) is 12.0 Å². The van der Waals surface area contributed by atoms with Crippen molar-refractivity contribution in [2.75, 3.05) is 10.6 Å². The van der Waals surface area contributed by atoms with Crippen molar-refractivity contribution >= 4 is 17.4 Å². The summed E-state index contributed by atoms with van der Waals surface area (Å²) in [6.07, 6.45) is 0.945. The molecule has 0 atom stereocenters. The van der Waals surface area contributed by atoms with E-state index in [1.54, 1.807) is 19.1 Å². The first kappa shape index (κ1) is 14.1. The minimum Gasteiger partial charge on any atom is -0.308 e. The third kappa shape index (κ3) is 3.57. The second-order valence-corrected chi connectivity index (χ2v) is 4.61. The fourth-order valence-electron chi connectivity index (χ4n) is 1.83. The number of carbonyl (C=O) groups excluding carboxylic acids is 1. The van der Waals surface area contributed by atoms with Crippen LogP contribution >= 0.6 is 0 Å². The highest BCUT2D eigenvalue weighted by molar-refractivity contribution is 5.99. The number of benzene rings is 2. The highest BCUT2D eigenvalue weighted by atomic mass is 19.1. The van der Waals surface area contributed by atoms with Crippen molar-refractivity contribution in [2.24, 2.45) is 0 Å². The lowest BCUT2D eigenvalue weighted by Gasteiger charge is -2.09. The van der Waals surface area contributed by atoms with Crippen LogP contribution in [0.5, 0.6) is 0 Å². The van der Waals surface area contributed by atoms with Gasteiger partial charge in [0.15, 0.2) is 0 Å². The molecule has 0 fully saturated rings. The Kier molecular flexibility index (Phi) is 4.35. The summed E-state index contributed by atoms with van der Waals surface area (Å²) >= 11 is 0. The van der Waals surface area contributed by atoms with Crippen LogP contribution in [0.1, 0.15) is 18.1 Å². The van der Waals surface area contributed by atoms with Gasteiger partial charge >= 0.3 is 6.03 Å². The second-order valence-electron chi connectivity index (χ2n) is 4.61. The zero-order chi connectivity index (χ0) is 14.5. The van der Waals surface area contributed by atoms with Gasteiger partial charge in [-0.15, -0.1) is 0 Å². The Hall–Kier alpha value is -2.36. The molecule has 0 bridgehead atoms. The normalized spacial score (nSPS) is 10.2. The predicted octanol–water partition coefficient (Wildman–Crippen LogP) is 4.34. The van der Waals surface area contributed by atoms with E-state index in [-0.39, 0.29) is 5.69 Å². The summed E-state index contributed by atoms with van der Waals surface area (Å²) in [5, 5.41) is 5.16. The summed E-state index contributed by atoms with van der Waals surface area (Å²) < 4.78 is 13.6. The van der Waals surface area contributed by atoms with Gasteiger partial charge in [0.2, 0.25) is 0 Å². The molecule has 0 saturated heterocycles. The van der Waals surface area contributed by atoms with Crippen LogP contribution in [-0.4, -0.2) is 6.03 Å². The third-order valence-electron chi connectivity index (χ3n) is 2.99. The molecule has 2 aromatic carbocycles. The zero-order valence-corrected chi connectivity index (χ0v) is 11.5. The van der Waals surface area contributed by atoms with E-state index in [4.69, 9.17) is 0 Å². The lowest BCUT2D eigenvalue weighted by Crippen LogP contribution is -2.20. The lowest BCUT2D eigenvalue weighted by atomic mass is 10.1. The fourth-order valence-corrected chi connectivity index (χ4v) is 1.83. The molecule has 0 heterocycles. The van der Waals surface area contributed by atoms with Crippen LogP contribution in [-0.2, 0) is 6.42 Å². The smallest absolute Gasteiger partial charge is 0.308 e. The average Bonchev–Trinajstić information content (AvgIpc) is 2.43. The van der Waals surface area contributed by atoms with Crippen LogP contribution in [0.3, 0.4) is 0 Å². The Morgan fingerprint density at radius 2 is 1.80 bits per heavy atom. The Labute approximate surface area is 117 Å². The number of amides is 2. The van der Waals surface area contributed by atoms with E-state index >= 15 is 0 Å². The molecule has 2 aromatic rings. The maximum atomic E-state index is 13.6. The number of hydrogen-bond donors (Lipinski definition) is 2.